The molecule has 0 spiro atoms. The molecule has 2 saturated heterocycles. The molecule has 2 aliphatic heterocycles. The molecule has 2 heterocycles. The van der Waals surface area contributed by atoms with Gasteiger partial charge in [0, 0.05) is 24.9 Å². The fraction of sp³-hybridized carbons (Fsp3) is 0.600. The summed E-state index contributed by atoms with van der Waals surface area (Å²) in [5, 5.41) is 0. The molecule has 0 unspecified atom stereocenters. The van der Waals surface area contributed by atoms with Crippen LogP contribution in [0.5, 0.6) is 0 Å². The molecule has 0 aromatic carbocycles. The smallest absolute Gasteiger partial charge is 0.350 e. The molecular formula is C10H12O4S2. The SMILES string of the molecule is CCC1(C)OC(=O)C(=C2SCCS2)C(=O)O1. The van der Waals surface area contributed by atoms with E-state index in [0.717, 1.165) is 15.7 Å². The highest BCUT2D eigenvalue weighted by Gasteiger charge is 2.43. The Morgan fingerprint density at radius 1 is 1.19 bits per heavy atom. The van der Waals surface area contributed by atoms with Crippen LogP contribution in [0.1, 0.15) is 20.3 Å². The molecule has 16 heavy (non-hydrogen) atoms. The van der Waals surface area contributed by atoms with Crippen molar-refractivity contribution in [2.75, 3.05) is 11.5 Å². The van der Waals surface area contributed by atoms with Crippen molar-refractivity contribution in [2.24, 2.45) is 0 Å². The number of thioether (sulfide) groups is 2. The van der Waals surface area contributed by atoms with Gasteiger partial charge < -0.3 is 9.47 Å². The lowest BCUT2D eigenvalue weighted by atomic mass is 10.2. The molecular weight excluding hydrogens is 248 g/mol. The van der Waals surface area contributed by atoms with Crippen LogP contribution in [0.4, 0.5) is 0 Å². The van der Waals surface area contributed by atoms with Crippen LogP contribution in [0.15, 0.2) is 9.81 Å². The topological polar surface area (TPSA) is 52.6 Å². The molecule has 88 valence electrons. The van der Waals surface area contributed by atoms with Gasteiger partial charge in [0.05, 0.1) is 4.24 Å². The standard InChI is InChI=1S/C10H12O4S2/c1-3-10(2)13-7(11)6(8(12)14-10)9-15-4-5-16-9/h3-5H2,1-2H3. The summed E-state index contributed by atoms with van der Waals surface area (Å²) < 4.78 is 11.0. The molecule has 0 amide bonds. The van der Waals surface area contributed by atoms with Crippen LogP contribution < -0.4 is 0 Å². The second-order valence-corrected chi connectivity index (χ2v) is 6.09. The molecule has 0 atom stereocenters. The number of carbonyl (C=O) groups is 2. The number of rotatable bonds is 1. The average molecular weight is 260 g/mol. The van der Waals surface area contributed by atoms with Gasteiger partial charge in [0.1, 0.15) is 0 Å². The molecule has 0 bridgehead atoms. The lowest BCUT2D eigenvalue weighted by Gasteiger charge is -2.32. The van der Waals surface area contributed by atoms with Gasteiger partial charge in [-0.3, -0.25) is 0 Å². The first-order valence-electron chi connectivity index (χ1n) is 5.02. The Hall–Kier alpha value is -0.620. The zero-order valence-corrected chi connectivity index (χ0v) is 10.7. The third-order valence-corrected chi connectivity index (χ3v) is 5.14. The second-order valence-electron chi connectivity index (χ2n) is 3.63. The van der Waals surface area contributed by atoms with E-state index < -0.39 is 17.7 Å². The molecule has 2 rings (SSSR count). The first-order chi connectivity index (χ1) is 7.56. The highest BCUT2D eigenvalue weighted by Crippen LogP contribution is 2.41. The zero-order valence-electron chi connectivity index (χ0n) is 9.07. The predicted molar refractivity (Wildman–Crippen MR) is 62.8 cm³/mol. The molecule has 2 aliphatic rings. The molecule has 0 aliphatic carbocycles. The van der Waals surface area contributed by atoms with Gasteiger partial charge in [0.15, 0.2) is 5.57 Å². The van der Waals surface area contributed by atoms with Crippen LogP contribution in [0.2, 0.25) is 0 Å². The van der Waals surface area contributed by atoms with Gasteiger partial charge in [-0.2, -0.15) is 0 Å². The van der Waals surface area contributed by atoms with Crippen molar-refractivity contribution < 1.29 is 19.1 Å². The van der Waals surface area contributed by atoms with Crippen molar-refractivity contribution in [1.82, 2.24) is 0 Å². The summed E-state index contributed by atoms with van der Waals surface area (Å²) in [6.45, 7) is 3.40. The number of carbonyl (C=O) groups excluding carboxylic acids is 2. The summed E-state index contributed by atoms with van der Waals surface area (Å²) in [5.74, 6) is -0.397. The van der Waals surface area contributed by atoms with Crippen LogP contribution in [-0.4, -0.2) is 29.2 Å². The molecule has 0 aromatic rings. The maximum absolute atomic E-state index is 11.8. The van der Waals surface area contributed by atoms with E-state index in [1.54, 1.807) is 13.8 Å². The highest BCUT2D eigenvalue weighted by atomic mass is 32.2. The number of hydrogen-bond donors (Lipinski definition) is 0. The monoisotopic (exact) mass is 260 g/mol. The van der Waals surface area contributed by atoms with Crippen molar-refractivity contribution in [3.8, 4) is 0 Å². The van der Waals surface area contributed by atoms with Crippen LogP contribution >= 0.6 is 23.5 Å². The summed E-state index contributed by atoms with van der Waals surface area (Å²) in [7, 11) is 0. The largest absolute Gasteiger partial charge is 0.419 e. The van der Waals surface area contributed by atoms with E-state index in [1.165, 1.54) is 23.5 Å². The first kappa shape index (κ1) is 11.9. The van der Waals surface area contributed by atoms with E-state index >= 15 is 0 Å². The van der Waals surface area contributed by atoms with Crippen LogP contribution in [0.3, 0.4) is 0 Å². The molecule has 0 N–H and O–H groups in total. The molecule has 2 fully saturated rings. The minimum atomic E-state index is -1.10. The Labute approximate surface area is 102 Å². The first-order valence-corrected chi connectivity index (χ1v) is 6.99. The van der Waals surface area contributed by atoms with Gasteiger partial charge in [0.2, 0.25) is 0 Å². The molecule has 6 heteroatoms. The Morgan fingerprint density at radius 2 is 1.69 bits per heavy atom. The second kappa shape index (κ2) is 4.33. The summed E-state index contributed by atoms with van der Waals surface area (Å²) in [5.41, 5.74) is 0.0680. The predicted octanol–water partition coefficient (Wildman–Crippen LogP) is 1.90. The summed E-state index contributed by atoms with van der Waals surface area (Å²) >= 11 is 3.01. The lowest BCUT2D eigenvalue weighted by Crippen LogP contribution is -2.43. The highest BCUT2D eigenvalue weighted by molar-refractivity contribution is 8.25. The Bertz CT molecular complexity index is 347. The van der Waals surface area contributed by atoms with Crippen LogP contribution in [-0.2, 0) is 19.1 Å². The number of hydrogen-bond acceptors (Lipinski definition) is 6. The van der Waals surface area contributed by atoms with E-state index in [4.69, 9.17) is 9.47 Å². The van der Waals surface area contributed by atoms with Gasteiger partial charge in [-0.25, -0.2) is 9.59 Å². The average Bonchev–Trinajstić information content (AvgIpc) is 2.69. The Balaban J connectivity index is 2.28. The van der Waals surface area contributed by atoms with Gasteiger partial charge in [-0.05, 0) is 0 Å². The molecule has 0 saturated carbocycles. The van der Waals surface area contributed by atoms with Crippen molar-refractivity contribution in [2.45, 2.75) is 26.1 Å². The molecule has 0 aromatic heterocycles. The van der Waals surface area contributed by atoms with Crippen LogP contribution in [0.25, 0.3) is 0 Å². The third-order valence-electron chi connectivity index (χ3n) is 2.42. The van der Waals surface area contributed by atoms with Gasteiger partial charge >= 0.3 is 11.9 Å². The fourth-order valence-corrected chi connectivity index (χ4v) is 3.86. The van der Waals surface area contributed by atoms with E-state index in [1.807, 2.05) is 0 Å². The third kappa shape index (κ3) is 2.08. The van der Waals surface area contributed by atoms with E-state index in [2.05, 4.69) is 0 Å². The minimum Gasteiger partial charge on any atom is -0.419 e. The number of cyclic esters (lactones) is 2. The van der Waals surface area contributed by atoms with E-state index in [0.29, 0.717) is 6.42 Å². The summed E-state index contributed by atoms with van der Waals surface area (Å²) in [6.07, 6.45) is 0.452. The maximum Gasteiger partial charge on any atom is 0.350 e. The normalized spacial score (nSPS) is 30.4. The van der Waals surface area contributed by atoms with Gasteiger partial charge in [0.25, 0.3) is 5.79 Å². The van der Waals surface area contributed by atoms with Crippen LogP contribution in [0, 0.1) is 0 Å². The summed E-state index contributed by atoms with van der Waals surface area (Å²) in [4.78, 5) is 23.5. The number of esters is 2. The van der Waals surface area contributed by atoms with Crippen molar-refractivity contribution >= 4 is 35.5 Å². The van der Waals surface area contributed by atoms with Gasteiger partial charge in [-0.1, -0.05) is 6.92 Å². The van der Waals surface area contributed by atoms with E-state index in [-0.39, 0.29) is 5.57 Å². The molecule has 4 nitrogen and oxygen atoms in total. The quantitative estimate of drug-likeness (QED) is 0.408. The zero-order chi connectivity index (χ0) is 11.8. The maximum atomic E-state index is 11.8. The van der Waals surface area contributed by atoms with Crippen molar-refractivity contribution in [3.63, 3.8) is 0 Å². The van der Waals surface area contributed by atoms with Gasteiger partial charge in [-0.15, -0.1) is 23.5 Å². The van der Waals surface area contributed by atoms with Crippen molar-refractivity contribution in [3.05, 3.63) is 9.81 Å². The number of ether oxygens (including phenoxy) is 2. The molecule has 0 radical (unpaired) electrons. The van der Waals surface area contributed by atoms with Crippen molar-refractivity contribution in [1.29, 1.82) is 0 Å². The Kier molecular flexibility index (Phi) is 3.21. The minimum absolute atomic E-state index is 0.0680. The Morgan fingerprint density at radius 3 is 2.12 bits per heavy atom. The summed E-state index contributed by atoms with van der Waals surface area (Å²) in [6, 6.07) is 0. The fourth-order valence-electron chi connectivity index (χ4n) is 1.36. The van der Waals surface area contributed by atoms with E-state index in [9.17, 15) is 9.59 Å². The lowest BCUT2D eigenvalue weighted by molar-refractivity contribution is -0.229.